The molecule has 89 valence electrons. The highest BCUT2D eigenvalue weighted by atomic mass is 27.1. The summed E-state index contributed by atoms with van der Waals surface area (Å²) in [5.74, 6) is 1.74. The van der Waals surface area contributed by atoms with Crippen molar-refractivity contribution in [2.75, 3.05) is 6.61 Å². The summed E-state index contributed by atoms with van der Waals surface area (Å²) in [4.78, 5) is 0. The first-order chi connectivity index (χ1) is 8.24. The van der Waals surface area contributed by atoms with Crippen LogP contribution in [0, 0.1) is 5.92 Å². The smallest absolute Gasteiger partial charge is 0.523 e. The Bertz CT molecular complexity index is 316. The number of benzene rings is 1. The van der Waals surface area contributed by atoms with Crippen LogP contribution >= 0.6 is 0 Å². The number of rotatable bonds is 8. The van der Waals surface area contributed by atoms with Crippen LogP contribution in [0.15, 0.2) is 24.3 Å². The molecule has 2 nitrogen and oxygen atoms in total. The molecule has 3 radical (unpaired) electrons. The Morgan fingerprint density at radius 2 is 2.06 bits per heavy atom. The molecule has 1 aromatic carbocycles. The van der Waals surface area contributed by atoms with Gasteiger partial charge in [0, 0.05) is 6.61 Å². The van der Waals surface area contributed by atoms with Crippen LogP contribution in [0.4, 0.5) is 0 Å². The van der Waals surface area contributed by atoms with Crippen LogP contribution in [0.1, 0.15) is 25.8 Å². The predicted molar refractivity (Wildman–Crippen MR) is 72.5 cm³/mol. The van der Waals surface area contributed by atoms with Crippen LogP contribution in [-0.4, -0.2) is 38.8 Å². The molecule has 0 saturated heterocycles. The van der Waals surface area contributed by atoms with Gasteiger partial charge in [0.1, 0.15) is 0 Å². The molecule has 0 spiro atoms. The van der Waals surface area contributed by atoms with E-state index < -0.39 is 0 Å². The molecule has 0 amide bonds. The third kappa shape index (κ3) is 6.51. The van der Waals surface area contributed by atoms with Crippen molar-refractivity contribution >= 4 is 32.2 Å². The summed E-state index contributed by atoms with van der Waals surface area (Å²) in [7, 11) is 0. The fraction of sp³-hybridized carbons (Fsp3) is 0.538. The molecule has 0 heterocycles. The molecule has 1 aromatic rings. The maximum absolute atomic E-state index is 5.91. The van der Waals surface area contributed by atoms with Crippen LogP contribution < -0.4 is 3.79 Å². The zero-order chi connectivity index (χ0) is 12.5. The van der Waals surface area contributed by atoms with Crippen LogP contribution in [0.5, 0.6) is 5.75 Å². The van der Waals surface area contributed by atoms with Crippen molar-refractivity contribution < 1.29 is 7.58 Å². The third-order valence-corrected chi connectivity index (χ3v) is 3.70. The quantitative estimate of drug-likeness (QED) is 0.529. The largest absolute Gasteiger partial charge is 0.648 e. The van der Waals surface area contributed by atoms with Crippen molar-refractivity contribution in [2.45, 2.75) is 32.0 Å². The van der Waals surface area contributed by atoms with Gasteiger partial charge in [-0.3, -0.25) is 0 Å². The van der Waals surface area contributed by atoms with Crippen LogP contribution in [0.25, 0.3) is 0 Å². The second kappa shape index (κ2) is 9.04. The molecular weight excluding hydrogens is 242 g/mol. The normalized spacial score (nSPS) is 10.5. The first-order valence-electron chi connectivity index (χ1n) is 6.12. The number of hydrogen-bond acceptors (Lipinski definition) is 2. The molecule has 0 unspecified atom stereocenters. The molecule has 0 bridgehead atoms. The Balaban J connectivity index is 2.40. The molecule has 0 atom stereocenters. The summed E-state index contributed by atoms with van der Waals surface area (Å²) in [5.41, 5.74) is 1.33. The van der Waals surface area contributed by atoms with Crippen LogP contribution in [-0.2, 0) is 10.2 Å². The SMILES string of the molecule is CC(C)Cc1ccccc1[O][Al][CH2]CC[O][Al]. The van der Waals surface area contributed by atoms with Crippen molar-refractivity contribution in [3.63, 3.8) is 0 Å². The van der Waals surface area contributed by atoms with Crippen molar-refractivity contribution in [3.05, 3.63) is 29.8 Å². The van der Waals surface area contributed by atoms with E-state index in [9.17, 15) is 0 Å². The standard InChI is InChI=1S/C10H14O.C3H6O.2Al/c1-8(2)7-9-5-3-4-6-10(9)11;1-2-3-4;;/h3-6,8,11H,7H2,1-2H3;1-3H2;;/q;-1;2*+1/p-1. The molecular formula is C13H19Al2O2. The molecule has 0 aliphatic carbocycles. The van der Waals surface area contributed by atoms with E-state index in [2.05, 4.69) is 48.7 Å². The molecule has 17 heavy (non-hydrogen) atoms. The average Bonchev–Trinajstić information content (AvgIpc) is 2.30. The van der Waals surface area contributed by atoms with E-state index in [-0.39, 0.29) is 15.6 Å². The van der Waals surface area contributed by atoms with Gasteiger partial charge in [-0.05, 0) is 30.4 Å². The van der Waals surface area contributed by atoms with Gasteiger partial charge >= 0.3 is 32.2 Å². The molecule has 4 heteroatoms. The number of para-hydroxylation sites is 1. The van der Waals surface area contributed by atoms with Crippen molar-refractivity contribution in [1.29, 1.82) is 0 Å². The first kappa shape index (κ1) is 15.1. The van der Waals surface area contributed by atoms with Gasteiger partial charge in [-0.25, -0.2) is 0 Å². The van der Waals surface area contributed by atoms with E-state index in [0.717, 1.165) is 30.5 Å². The Morgan fingerprint density at radius 1 is 1.29 bits per heavy atom. The van der Waals surface area contributed by atoms with Gasteiger partial charge in [-0.15, -0.1) is 0 Å². The van der Waals surface area contributed by atoms with Crippen LogP contribution in [0.3, 0.4) is 0 Å². The van der Waals surface area contributed by atoms with Gasteiger partial charge in [-0.1, -0.05) is 37.3 Å². The maximum Gasteiger partial charge on any atom is 0.523 e. The lowest BCUT2D eigenvalue weighted by molar-refractivity contribution is 0.347. The fourth-order valence-electron chi connectivity index (χ4n) is 1.63. The zero-order valence-electron chi connectivity index (χ0n) is 10.7. The minimum atomic E-state index is 0.0357. The molecule has 0 aliphatic heterocycles. The average molecular weight is 261 g/mol. The summed E-state index contributed by atoms with van der Waals surface area (Å²) in [6.07, 6.45) is 2.16. The summed E-state index contributed by atoms with van der Waals surface area (Å²) in [6, 6.07) is 8.38. The van der Waals surface area contributed by atoms with E-state index in [4.69, 9.17) is 7.58 Å². The van der Waals surface area contributed by atoms with Gasteiger partial charge in [0.25, 0.3) is 0 Å². The van der Waals surface area contributed by atoms with Gasteiger partial charge in [0.2, 0.25) is 0 Å². The molecule has 0 N–H and O–H groups in total. The third-order valence-electron chi connectivity index (χ3n) is 2.40. The van der Waals surface area contributed by atoms with Crippen LogP contribution in [0.2, 0.25) is 5.28 Å². The Kier molecular flexibility index (Phi) is 8.03. The molecule has 0 aliphatic rings. The topological polar surface area (TPSA) is 18.5 Å². The summed E-state index contributed by atoms with van der Waals surface area (Å²) < 4.78 is 10.9. The summed E-state index contributed by atoms with van der Waals surface area (Å²) in [6.45, 7) is 5.27. The molecule has 1 rings (SSSR count). The zero-order valence-corrected chi connectivity index (χ0v) is 13.0. The van der Waals surface area contributed by atoms with Gasteiger partial charge < -0.3 is 7.58 Å². The van der Waals surface area contributed by atoms with Gasteiger partial charge in [-0.2, -0.15) is 0 Å². The summed E-state index contributed by atoms with van der Waals surface area (Å²) in [5, 5.41) is 1.12. The van der Waals surface area contributed by atoms with Gasteiger partial charge in [0.15, 0.2) is 0 Å². The monoisotopic (exact) mass is 261 g/mol. The lowest BCUT2D eigenvalue weighted by atomic mass is 10.0. The number of hydrogen-bond donors (Lipinski definition) is 0. The predicted octanol–water partition coefficient (Wildman–Crippen LogP) is 2.79. The van der Waals surface area contributed by atoms with E-state index in [1.807, 2.05) is 6.07 Å². The summed E-state index contributed by atoms with van der Waals surface area (Å²) >= 11 is 2.32. The minimum Gasteiger partial charge on any atom is -0.648 e. The van der Waals surface area contributed by atoms with E-state index >= 15 is 0 Å². The van der Waals surface area contributed by atoms with Gasteiger partial charge in [0.05, 0.1) is 5.75 Å². The maximum atomic E-state index is 5.91. The van der Waals surface area contributed by atoms with Crippen molar-refractivity contribution in [1.82, 2.24) is 0 Å². The van der Waals surface area contributed by atoms with E-state index in [0.29, 0.717) is 5.92 Å². The Morgan fingerprint density at radius 3 is 2.76 bits per heavy atom. The highest BCUT2D eigenvalue weighted by molar-refractivity contribution is 6.28. The second-order valence-electron chi connectivity index (χ2n) is 4.50. The second-order valence-corrected chi connectivity index (χ2v) is 5.98. The lowest BCUT2D eigenvalue weighted by Crippen LogP contribution is -2.06. The minimum absolute atomic E-state index is 0.0357. The highest BCUT2D eigenvalue weighted by Crippen LogP contribution is 2.21. The van der Waals surface area contributed by atoms with Crippen molar-refractivity contribution in [3.8, 4) is 5.75 Å². The Hall–Kier alpha value is 0.0449. The molecule has 0 aromatic heterocycles. The van der Waals surface area contributed by atoms with E-state index in [1.165, 1.54) is 5.56 Å². The molecule has 0 saturated carbocycles. The first-order valence-corrected chi connectivity index (χ1v) is 7.88. The highest BCUT2D eigenvalue weighted by Gasteiger charge is 2.05. The van der Waals surface area contributed by atoms with E-state index in [1.54, 1.807) is 0 Å². The molecule has 0 fully saturated rings. The Labute approximate surface area is 120 Å². The lowest BCUT2D eigenvalue weighted by Gasteiger charge is -2.13. The van der Waals surface area contributed by atoms with Crippen molar-refractivity contribution in [2.24, 2.45) is 5.92 Å². The fourth-order valence-corrected chi connectivity index (χ4v) is 2.65.